The summed E-state index contributed by atoms with van der Waals surface area (Å²) in [7, 11) is -2.96. The Labute approximate surface area is 187 Å². The van der Waals surface area contributed by atoms with Crippen LogP contribution in [0.5, 0.6) is 5.75 Å². The van der Waals surface area contributed by atoms with E-state index in [0.29, 0.717) is 38.5 Å². The number of rotatable bonds is 3. The van der Waals surface area contributed by atoms with E-state index in [4.69, 9.17) is 4.74 Å². The monoisotopic (exact) mass is 459 g/mol. The van der Waals surface area contributed by atoms with Crippen molar-refractivity contribution in [3.8, 4) is 5.75 Å². The summed E-state index contributed by atoms with van der Waals surface area (Å²) in [6.45, 7) is 2.78. The fourth-order valence-corrected chi connectivity index (χ4v) is 5.78. The molecule has 0 aromatic heterocycles. The highest BCUT2D eigenvalue weighted by atomic mass is 32.2. The van der Waals surface area contributed by atoms with Crippen molar-refractivity contribution >= 4 is 27.3 Å². The van der Waals surface area contributed by atoms with Crippen LogP contribution < -0.4 is 14.5 Å². The number of benzene rings is 2. The van der Waals surface area contributed by atoms with Crippen LogP contribution in [0.25, 0.3) is 0 Å². The van der Waals surface area contributed by atoms with Gasteiger partial charge in [0.15, 0.2) is 9.84 Å². The van der Waals surface area contributed by atoms with Gasteiger partial charge < -0.3 is 14.5 Å². The number of halogens is 1. The van der Waals surface area contributed by atoms with Crippen LogP contribution in [0.2, 0.25) is 0 Å². The Morgan fingerprint density at radius 3 is 2.31 bits per heavy atom. The maximum absolute atomic E-state index is 13.3. The van der Waals surface area contributed by atoms with Crippen molar-refractivity contribution < 1.29 is 22.3 Å². The van der Waals surface area contributed by atoms with E-state index in [1.807, 2.05) is 21.9 Å². The molecule has 0 unspecified atom stereocenters. The van der Waals surface area contributed by atoms with E-state index in [0.717, 1.165) is 24.2 Å². The highest BCUT2D eigenvalue weighted by Gasteiger charge is 2.54. The molecule has 2 aromatic rings. The van der Waals surface area contributed by atoms with Gasteiger partial charge in [0.1, 0.15) is 11.6 Å². The van der Waals surface area contributed by atoms with Gasteiger partial charge >= 0.3 is 6.09 Å². The molecule has 5 rings (SSSR count). The Bertz CT molecular complexity index is 1100. The van der Waals surface area contributed by atoms with Crippen LogP contribution in [-0.4, -0.2) is 69.2 Å². The molecule has 3 aliphatic rings. The van der Waals surface area contributed by atoms with Crippen molar-refractivity contribution in [1.82, 2.24) is 4.90 Å². The predicted octanol–water partition coefficient (Wildman–Crippen LogP) is 2.91. The highest BCUT2D eigenvalue weighted by Crippen LogP contribution is 2.45. The average Bonchev–Trinajstić information content (AvgIpc) is 3.53. The van der Waals surface area contributed by atoms with Gasteiger partial charge in [0, 0.05) is 50.2 Å². The van der Waals surface area contributed by atoms with Crippen molar-refractivity contribution in [3.63, 3.8) is 0 Å². The lowest BCUT2D eigenvalue weighted by Crippen LogP contribution is -2.57. The van der Waals surface area contributed by atoms with Gasteiger partial charge in [0.2, 0.25) is 0 Å². The summed E-state index contributed by atoms with van der Waals surface area (Å²) in [4.78, 5) is 19.1. The van der Waals surface area contributed by atoms with Crippen molar-refractivity contribution in [2.45, 2.75) is 18.4 Å². The van der Waals surface area contributed by atoms with E-state index >= 15 is 0 Å². The van der Waals surface area contributed by atoms with Crippen LogP contribution in [-0.2, 0) is 9.84 Å². The van der Waals surface area contributed by atoms with Crippen molar-refractivity contribution in [3.05, 3.63) is 54.3 Å². The first-order chi connectivity index (χ1) is 15.3. The predicted molar refractivity (Wildman–Crippen MR) is 121 cm³/mol. The van der Waals surface area contributed by atoms with E-state index < -0.39 is 9.84 Å². The molecule has 0 bridgehead atoms. The summed E-state index contributed by atoms with van der Waals surface area (Å²) < 4.78 is 42.4. The molecule has 9 heteroatoms. The number of piperazine rings is 1. The van der Waals surface area contributed by atoms with E-state index in [1.165, 1.54) is 12.1 Å². The molecular formula is C23H26FN3O4S. The second-order valence-corrected chi connectivity index (χ2v) is 11.1. The quantitative estimate of drug-likeness (QED) is 0.703. The van der Waals surface area contributed by atoms with Gasteiger partial charge in [-0.15, -0.1) is 0 Å². The second-order valence-electron chi connectivity index (χ2n) is 8.78. The van der Waals surface area contributed by atoms with Crippen LogP contribution in [0, 0.1) is 5.82 Å². The third-order valence-corrected chi connectivity index (χ3v) is 8.23. The van der Waals surface area contributed by atoms with Gasteiger partial charge in [0.05, 0.1) is 17.0 Å². The average molecular weight is 460 g/mol. The van der Waals surface area contributed by atoms with Crippen LogP contribution in [0.1, 0.15) is 12.8 Å². The summed E-state index contributed by atoms with van der Waals surface area (Å²) >= 11 is 0. The molecular weight excluding hydrogens is 433 g/mol. The van der Waals surface area contributed by atoms with Gasteiger partial charge in [-0.25, -0.2) is 17.6 Å². The molecule has 1 amide bonds. The molecule has 2 heterocycles. The molecule has 0 N–H and O–H groups in total. The molecule has 3 fully saturated rings. The number of nitrogens with zero attached hydrogens (tertiary/aromatic N) is 3. The second kappa shape index (κ2) is 7.95. The Balaban J connectivity index is 1.24. The highest BCUT2D eigenvalue weighted by molar-refractivity contribution is 7.91. The third kappa shape index (κ3) is 4.26. The zero-order valence-electron chi connectivity index (χ0n) is 17.7. The SMILES string of the molecule is O=C(Oc1cccc(N2CCS(=O)(=O)CC2)c1)N1CCN(c2ccc(F)cc2)CC12CC2. The van der Waals surface area contributed by atoms with E-state index in [-0.39, 0.29) is 29.0 Å². The number of hydrogen-bond donors (Lipinski definition) is 0. The first kappa shape index (κ1) is 21.1. The molecule has 2 aliphatic heterocycles. The Morgan fingerprint density at radius 2 is 1.62 bits per heavy atom. The lowest BCUT2D eigenvalue weighted by Gasteiger charge is -2.42. The molecule has 1 saturated carbocycles. The molecule has 32 heavy (non-hydrogen) atoms. The minimum atomic E-state index is -2.96. The minimum Gasteiger partial charge on any atom is -0.410 e. The largest absolute Gasteiger partial charge is 0.415 e. The first-order valence-electron chi connectivity index (χ1n) is 10.9. The number of sulfone groups is 1. The Morgan fingerprint density at radius 1 is 0.906 bits per heavy atom. The van der Waals surface area contributed by atoms with E-state index in [2.05, 4.69) is 4.90 Å². The summed E-state index contributed by atoms with van der Waals surface area (Å²) in [5, 5.41) is 0. The summed E-state index contributed by atoms with van der Waals surface area (Å²) in [6.07, 6.45) is 1.48. The number of ether oxygens (including phenoxy) is 1. The minimum absolute atomic E-state index is 0.137. The third-order valence-electron chi connectivity index (χ3n) is 6.62. The van der Waals surface area contributed by atoms with Crippen molar-refractivity contribution in [2.75, 3.05) is 54.0 Å². The van der Waals surface area contributed by atoms with Gasteiger partial charge in [-0.1, -0.05) is 6.07 Å². The Hall–Kier alpha value is -2.81. The number of carbonyl (C=O) groups excluding carboxylic acids is 1. The fraction of sp³-hybridized carbons (Fsp3) is 0.435. The van der Waals surface area contributed by atoms with Gasteiger partial charge in [-0.3, -0.25) is 4.90 Å². The van der Waals surface area contributed by atoms with Crippen molar-refractivity contribution in [2.24, 2.45) is 0 Å². The molecule has 0 atom stereocenters. The number of anilines is 2. The normalized spacial score (nSPS) is 21.5. The number of carbonyl (C=O) groups is 1. The summed E-state index contributed by atoms with van der Waals surface area (Å²) in [5.74, 6) is 0.471. The summed E-state index contributed by atoms with van der Waals surface area (Å²) in [5.41, 5.74) is 1.58. The van der Waals surface area contributed by atoms with Crippen LogP contribution in [0.3, 0.4) is 0 Å². The van der Waals surface area contributed by atoms with Crippen molar-refractivity contribution in [1.29, 1.82) is 0 Å². The van der Waals surface area contributed by atoms with Crippen LogP contribution >= 0.6 is 0 Å². The van der Waals surface area contributed by atoms with Crippen LogP contribution in [0.4, 0.5) is 20.6 Å². The maximum Gasteiger partial charge on any atom is 0.415 e. The standard InChI is InChI=1S/C23H26FN3O4S/c24-18-4-6-19(7-5-18)26-10-11-27(23(17-26)8-9-23)22(28)31-21-3-1-2-20(16-21)25-12-14-32(29,30)15-13-25/h1-7,16H,8-15,17H2. The number of amides is 1. The topological polar surface area (TPSA) is 70.2 Å². The summed E-state index contributed by atoms with van der Waals surface area (Å²) in [6, 6.07) is 13.7. The number of hydrogen-bond acceptors (Lipinski definition) is 6. The van der Waals surface area contributed by atoms with Crippen LogP contribution in [0.15, 0.2) is 48.5 Å². The first-order valence-corrected chi connectivity index (χ1v) is 12.7. The lowest BCUT2D eigenvalue weighted by molar-refractivity contribution is 0.116. The molecule has 1 aliphatic carbocycles. The Kier molecular flexibility index (Phi) is 5.23. The molecule has 0 radical (unpaired) electrons. The van der Waals surface area contributed by atoms with Gasteiger partial charge in [-0.2, -0.15) is 0 Å². The molecule has 1 spiro atoms. The zero-order chi connectivity index (χ0) is 22.3. The smallest absolute Gasteiger partial charge is 0.410 e. The van der Waals surface area contributed by atoms with E-state index in [1.54, 1.807) is 24.3 Å². The molecule has 170 valence electrons. The van der Waals surface area contributed by atoms with Gasteiger partial charge in [0.25, 0.3) is 0 Å². The zero-order valence-corrected chi connectivity index (χ0v) is 18.6. The molecule has 7 nitrogen and oxygen atoms in total. The molecule has 2 aromatic carbocycles. The molecule has 2 saturated heterocycles. The van der Waals surface area contributed by atoms with E-state index in [9.17, 15) is 17.6 Å². The maximum atomic E-state index is 13.3. The fourth-order valence-electron chi connectivity index (χ4n) is 4.58. The van der Waals surface area contributed by atoms with Gasteiger partial charge in [-0.05, 0) is 49.2 Å². The lowest BCUT2D eigenvalue weighted by atomic mass is 10.1.